The molecule has 0 spiro atoms. The van der Waals surface area contributed by atoms with Gasteiger partial charge < -0.3 is 5.32 Å². The van der Waals surface area contributed by atoms with Crippen LogP contribution in [0.3, 0.4) is 0 Å². The second-order valence-electron chi connectivity index (χ2n) is 8.43. The van der Waals surface area contributed by atoms with Crippen LogP contribution >= 0.6 is 0 Å². The van der Waals surface area contributed by atoms with Crippen LogP contribution in [-0.2, 0) is 4.79 Å². The van der Waals surface area contributed by atoms with Crippen LogP contribution in [0.2, 0.25) is 0 Å². The van der Waals surface area contributed by atoms with Crippen molar-refractivity contribution in [3.63, 3.8) is 0 Å². The summed E-state index contributed by atoms with van der Waals surface area (Å²) in [5, 5.41) is 3.53. The van der Waals surface area contributed by atoms with E-state index >= 15 is 0 Å². The topological polar surface area (TPSA) is 29.1 Å². The summed E-state index contributed by atoms with van der Waals surface area (Å²) >= 11 is 0. The number of unbranched alkanes of at least 4 members (excludes halogenated alkanes) is 7. The Morgan fingerprint density at radius 3 is 1.57 bits per heavy atom. The Balaban J connectivity index is 3.25. The third kappa shape index (κ3) is 14.3. The number of carbonyl (C=O) groups excluding carboxylic acids is 1. The van der Waals surface area contributed by atoms with E-state index in [0.29, 0.717) is 5.78 Å². The van der Waals surface area contributed by atoms with E-state index in [2.05, 4.69) is 26.1 Å². The van der Waals surface area contributed by atoms with E-state index in [-0.39, 0.29) is 11.0 Å². The zero-order chi connectivity index (χ0) is 16.4. The van der Waals surface area contributed by atoms with Gasteiger partial charge in [-0.1, -0.05) is 59.3 Å². The van der Waals surface area contributed by atoms with Gasteiger partial charge in [0.2, 0.25) is 0 Å². The molecule has 0 aromatic carbocycles. The summed E-state index contributed by atoms with van der Waals surface area (Å²) in [6.07, 6.45) is 11.0. The molecule has 0 amide bonds. The number of ketones is 1. The molecule has 0 aliphatic carbocycles. The van der Waals surface area contributed by atoms with Crippen molar-refractivity contribution in [2.24, 2.45) is 5.41 Å². The molecule has 0 rings (SSSR count). The number of hydrogen-bond donors (Lipinski definition) is 1. The Bertz CT molecular complexity index is 270. The van der Waals surface area contributed by atoms with Crippen LogP contribution in [0, 0.1) is 5.41 Å². The number of Topliss-reactive ketones (excluding diaryl/α,β-unsaturated/α-hetero) is 1. The van der Waals surface area contributed by atoms with Crippen molar-refractivity contribution in [3.8, 4) is 0 Å². The maximum Gasteiger partial charge on any atom is 0.138 e. The third-order valence-corrected chi connectivity index (χ3v) is 3.82. The second kappa shape index (κ2) is 10.4. The van der Waals surface area contributed by atoms with Crippen LogP contribution in [0.15, 0.2) is 0 Å². The van der Waals surface area contributed by atoms with Crippen LogP contribution in [-0.4, -0.2) is 17.9 Å². The van der Waals surface area contributed by atoms with Gasteiger partial charge in [0.15, 0.2) is 0 Å². The van der Waals surface area contributed by atoms with E-state index in [1.165, 1.54) is 44.9 Å². The lowest BCUT2D eigenvalue weighted by molar-refractivity contribution is -0.126. The zero-order valence-corrected chi connectivity index (χ0v) is 15.5. The van der Waals surface area contributed by atoms with Gasteiger partial charge >= 0.3 is 0 Å². The van der Waals surface area contributed by atoms with Gasteiger partial charge in [-0.15, -0.1) is 0 Å². The normalized spacial score (nSPS) is 12.7. The van der Waals surface area contributed by atoms with Crippen LogP contribution in [0.25, 0.3) is 0 Å². The molecule has 0 atom stereocenters. The van der Waals surface area contributed by atoms with E-state index in [0.717, 1.165) is 19.4 Å². The van der Waals surface area contributed by atoms with Gasteiger partial charge in [0.25, 0.3) is 0 Å². The molecule has 0 saturated carbocycles. The van der Waals surface area contributed by atoms with Gasteiger partial charge in [-0.25, -0.2) is 0 Å². The molecule has 2 heteroatoms. The molecule has 0 fully saturated rings. The Kier molecular flexibility index (Phi) is 10.2. The van der Waals surface area contributed by atoms with Gasteiger partial charge in [-0.3, -0.25) is 4.79 Å². The SMILES string of the molecule is CC(C)(C)NCCCCCCCCCCC(=O)C(C)(C)C. The van der Waals surface area contributed by atoms with Gasteiger partial charge in [0.05, 0.1) is 0 Å². The van der Waals surface area contributed by atoms with Crippen LogP contribution in [0.1, 0.15) is 99.3 Å². The minimum atomic E-state index is -0.152. The summed E-state index contributed by atoms with van der Waals surface area (Å²) < 4.78 is 0. The Morgan fingerprint density at radius 1 is 0.714 bits per heavy atom. The Labute approximate surface area is 133 Å². The maximum absolute atomic E-state index is 11.8. The van der Waals surface area contributed by atoms with Crippen molar-refractivity contribution in [1.29, 1.82) is 0 Å². The summed E-state index contributed by atoms with van der Waals surface area (Å²) in [6, 6.07) is 0. The molecule has 0 aliphatic rings. The van der Waals surface area contributed by atoms with Crippen molar-refractivity contribution < 1.29 is 4.79 Å². The largest absolute Gasteiger partial charge is 0.312 e. The van der Waals surface area contributed by atoms with Gasteiger partial charge in [-0.05, 0) is 40.2 Å². The fraction of sp³-hybridized carbons (Fsp3) is 0.947. The predicted molar refractivity (Wildman–Crippen MR) is 93.8 cm³/mol. The summed E-state index contributed by atoms with van der Waals surface area (Å²) in [4.78, 5) is 11.8. The molecule has 2 nitrogen and oxygen atoms in total. The number of nitrogens with one attached hydrogen (secondary N) is 1. The second-order valence-corrected chi connectivity index (χ2v) is 8.43. The first-order valence-electron chi connectivity index (χ1n) is 8.91. The highest BCUT2D eigenvalue weighted by Gasteiger charge is 2.19. The van der Waals surface area contributed by atoms with Crippen molar-refractivity contribution >= 4 is 5.78 Å². The smallest absolute Gasteiger partial charge is 0.138 e. The maximum atomic E-state index is 11.8. The minimum Gasteiger partial charge on any atom is -0.312 e. The molecule has 0 bridgehead atoms. The molecule has 126 valence electrons. The van der Waals surface area contributed by atoms with E-state index in [4.69, 9.17) is 0 Å². The number of rotatable bonds is 11. The first kappa shape index (κ1) is 20.6. The third-order valence-electron chi connectivity index (χ3n) is 3.82. The highest BCUT2D eigenvalue weighted by Crippen LogP contribution is 2.19. The molecule has 21 heavy (non-hydrogen) atoms. The average Bonchev–Trinajstić information content (AvgIpc) is 2.33. The average molecular weight is 298 g/mol. The molecular formula is C19H39NO. The van der Waals surface area contributed by atoms with E-state index < -0.39 is 0 Å². The summed E-state index contributed by atoms with van der Waals surface area (Å²) in [5.41, 5.74) is 0.103. The molecule has 0 saturated heterocycles. The Morgan fingerprint density at radius 2 is 1.14 bits per heavy atom. The Hall–Kier alpha value is -0.370. The standard InChI is InChI=1S/C19H39NO/c1-18(2,3)17(21)15-13-11-9-7-8-10-12-14-16-20-19(4,5)6/h20H,7-16H2,1-6H3. The van der Waals surface area contributed by atoms with Crippen LogP contribution in [0.5, 0.6) is 0 Å². The summed E-state index contributed by atoms with van der Waals surface area (Å²) in [7, 11) is 0. The lowest BCUT2D eigenvalue weighted by Gasteiger charge is -2.20. The van der Waals surface area contributed by atoms with Crippen molar-refractivity contribution in [2.75, 3.05) is 6.54 Å². The molecular weight excluding hydrogens is 258 g/mol. The summed E-state index contributed by atoms with van der Waals surface area (Å²) in [5.74, 6) is 0.411. The van der Waals surface area contributed by atoms with E-state index in [9.17, 15) is 4.79 Å². The van der Waals surface area contributed by atoms with Crippen molar-refractivity contribution in [3.05, 3.63) is 0 Å². The molecule has 0 unspecified atom stereocenters. The number of carbonyl (C=O) groups is 1. The lowest BCUT2D eigenvalue weighted by Crippen LogP contribution is -2.36. The van der Waals surface area contributed by atoms with Gasteiger partial charge in [0, 0.05) is 17.4 Å². The van der Waals surface area contributed by atoms with E-state index in [1.807, 2.05) is 20.8 Å². The predicted octanol–water partition coefficient (Wildman–Crippen LogP) is 5.50. The fourth-order valence-corrected chi connectivity index (χ4v) is 2.31. The minimum absolute atomic E-state index is 0.152. The first-order chi connectivity index (χ1) is 9.63. The molecule has 0 aromatic rings. The monoisotopic (exact) mass is 297 g/mol. The van der Waals surface area contributed by atoms with Crippen molar-refractivity contribution in [1.82, 2.24) is 5.32 Å². The number of hydrogen-bond acceptors (Lipinski definition) is 2. The molecule has 0 radical (unpaired) electrons. The molecule has 0 heterocycles. The first-order valence-corrected chi connectivity index (χ1v) is 8.91. The quantitative estimate of drug-likeness (QED) is 0.510. The molecule has 1 N–H and O–H groups in total. The fourth-order valence-electron chi connectivity index (χ4n) is 2.31. The van der Waals surface area contributed by atoms with Crippen LogP contribution in [0.4, 0.5) is 0 Å². The van der Waals surface area contributed by atoms with Gasteiger partial charge in [0.1, 0.15) is 5.78 Å². The summed E-state index contributed by atoms with van der Waals surface area (Å²) in [6.45, 7) is 13.8. The highest BCUT2D eigenvalue weighted by molar-refractivity contribution is 5.83. The molecule has 0 aliphatic heterocycles. The molecule has 0 aromatic heterocycles. The van der Waals surface area contributed by atoms with Gasteiger partial charge in [-0.2, -0.15) is 0 Å². The van der Waals surface area contributed by atoms with Crippen LogP contribution < -0.4 is 5.32 Å². The highest BCUT2D eigenvalue weighted by atomic mass is 16.1. The van der Waals surface area contributed by atoms with Crippen molar-refractivity contribution in [2.45, 2.75) is 105 Å². The zero-order valence-electron chi connectivity index (χ0n) is 15.5. The lowest BCUT2D eigenvalue weighted by atomic mass is 9.88. The van der Waals surface area contributed by atoms with E-state index in [1.54, 1.807) is 0 Å².